The molecule has 1 aliphatic carbocycles. The Morgan fingerprint density at radius 3 is 2.52 bits per heavy atom. The zero-order chi connectivity index (χ0) is 22.1. The highest BCUT2D eigenvalue weighted by Crippen LogP contribution is 2.35. The molecule has 4 rings (SSSR count). The van der Waals surface area contributed by atoms with Gasteiger partial charge in [0.1, 0.15) is 0 Å². The van der Waals surface area contributed by atoms with Gasteiger partial charge in [0.25, 0.3) is 0 Å². The quantitative estimate of drug-likeness (QED) is 0.461. The summed E-state index contributed by atoms with van der Waals surface area (Å²) >= 11 is 6.46. The molecule has 1 fully saturated rings. The van der Waals surface area contributed by atoms with Gasteiger partial charge in [-0.15, -0.1) is 0 Å². The third kappa shape index (κ3) is 4.46. The van der Waals surface area contributed by atoms with E-state index in [1.54, 1.807) is 13.1 Å². The number of anilines is 1. The van der Waals surface area contributed by atoms with Gasteiger partial charge in [-0.1, -0.05) is 23.7 Å². The number of fused-ring (bicyclic) bond motifs is 1. The van der Waals surface area contributed by atoms with Crippen molar-refractivity contribution in [3.05, 3.63) is 58.2 Å². The van der Waals surface area contributed by atoms with Crippen LogP contribution in [-0.2, 0) is 0 Å². The summed E-state index contributed by atoms with van der Waals surface area (Å²) in [4.78, 5) is 17.0. The Balaban J connectivity index is 1.78. The summed E-state index contributed by atoms with van der Waals surface area (Å²) in [5.74, 6) is 0.632. The lowest BCUT2D eigenvalue weighted by Crippen LogP contribution is -2.29. The van der Waals surface area contributed by atoms with E-state index in [2.05, 4.69) is 35.4 Å². The number of benzene rings is 2. The van der Waals surface area contributed by atoms with Crippen LogP contribution in [0.3, 0.4) is 0 Å². The second kappa shape index (κ2) is 8.97. The van der Waals surface area contributed by atoms with Crippen LogP contribution >= 0.6 is 11.6 Å². The summed E-state index contributed by atoms with van der Waals surface area (Å²) in [5, 5.41) is 5.44. The number of Topliss-reactive ketones (excluding diaryl/α,β-unsaturated/α-hetero) is 1. The fraction of sp³-hybridized carbons (Fsp3) is 0.385. The van der Waals surface area contributed by atoms with Crippen molar-refractivity contribution in [3.8, 4) is 11.1 Å². The molecule has 0 radical (unpaired) electrons. The van der Waals surface area contributed by atoms with E-state index < -0.39 is 0 Å². The van der Waals surface area contributed by atoms with Gasteiger partial charge in [-0.2, -0.15) is 0 Å². The van der Waals surface area contributed by atoms with Crippen LogP contribution in [0.4, 0.5) is 5.69 Å². The van der Waals surface area contributed by atoms with E-state index in [9.17, 15) is 4.79 Å². The molecule has 5 heteroatoms. The van der Waals surface area contributed by atoms with Gasteiger partial charge in [-0.3, -0.25) is 9.78 Å². The standard InChI is InChI=1S/C26H30ClN3O/c1-15-10-20(12-24(27)16(15)2)19-6-9-25-22(11-19)26(23(14-29-25)17(3)31)30-21-7-4-18(13-28)5-8-21/h6,9-12,14,18,21H,4-5,7-8,13,28H2,1-3H3,(H,29,30). The molecule has 1 aliphatic rings. The zero-order valence-electron chi connectivity index (χ0n) is 18.5. The number of nitrogens with zero attached hydrogens (tertiary/aromatic N) is 1. The van der Waals surface area contributed by atoms with Crippen molar-refractivity contribution in [2.45, 2.75) is 52.5 Å². The van der Waals surface area contributed by atoms with Gasteiger partial charge in [0.2, 0.25) is 0 Å². The summed E-state index contributed by atoms with van der Waals surface area (Å²) in [6.45, 7) is 6.47. The lowest BCUT2D eigenvalue weighted by Gasteiger charge is -2.30. The molecule has 4 nitrogen and oxygen atoms in total. The van der Waals surface area contributed by atoms with E-state index >= 15 is 0 Å². The maximum absolute atomic E-state index is 12.4. The topological polar surface area (TPSA) is 68.0 Å². The number of rotatable bonds is 5. The molecule has 3 N–H and O–H groups in total. The number of aromatic nitrogens is 1. The summed E-state index contributed by atoms with van der Waals surface area (Å²) in [6.07, 6.45) is 6.08. The molecule has 1 aromatic heterocycles. The maximum Gasteiger partial charge on any atom is 0.163 e. The Kier molecular flexibility index (Phi) is 6.31. The van der Waals surface area contributed by atoms with Crippen molar-refractivity contribution < 1.29 is 4.79 Å². The molecular formula is C26H30ClN3O. The van der Waals surface area contributed by atoms with Crippen LogP contribution in [0.5, 0.6) is 0 Å². The third-order valence-corrected chi connectivity index (χ3v) is 7.11. The van der Waals surface area contributed by atoms with E-state index in [-0.39, 0.29) is 5.78 Å². The smallest absolute Gasteiger partial charge is 0.163 e. The lowest BCUT2D eigenvalue weighted by molar-refractivity contribution is 0.101. The number of aryl methyl sites for hydroxylation is 1. The fourth-order valence-corrected chi connectivity index (χ4v) is 4.79. The molecule has 0 amide bonds. The third-order valence-electron chi connectivity index (χ3n) is 6.71. The van der Waals surface area contributed by atoms with Crippen LogP contribution in [0.15, 0.2) is 36.5 Å². The number of nitrogens with one attached hydrogen (secondary N) is 1. The van der Waals surface area contributed by atoms with Crippen molar-refractivity contribution in [2.24, 2.45) is 11.7 Å². The molecule has 0 bridgehead atoms. The SMILES string of the molecule is CC(=O)c1cnc2ccc(-c3cc(C)c(C)c(Cl)c3)cc2c1NC1CCC(CN)CC1. The summed E-state index contributed by atoms with van der Waals surface area (Å²) in [6, 6.07) is 10.7. The second-order valence-electron chi connectivity index (χ2n) is 8.83. The van der Waals surface area contributed by atoms with Gasteiger partial charge in [0.15, 0.2) is 5.78 Å². The number of hydrogen-bond acceptors (Lipinski definition) is 4. The molecule has 162 valence electrons. The van der Waals surface area contributed by atoms with Gasteiger partial charge in [0, 0.05) is 22.6 Å². The van der Waals surface area contributed by atoms with Crippen molar-refractivity contribution in [1.82, 2.24) is 4.98 Å². The fourth-order valence-electron chi connectivity index (χ4n) is 4.52. The lowest BCUT2D eigenvalue weighted by atomic mass is 9.86. The molecule has 0 atom stereocenters. The molecule has 1 heterocycles. The minimum atomic E-state index is 0.0205. The highest BCUT2D eigenvalue weighted by atomic mass is 35.5. The first-order chi connectivity index (χ1) is 14.9. The average Bonchev–Trinajstić information content (AvgIpc) is 2.77. The van der Waals surface area contributed by atoms with E-state index in [0.29, 0.717) is 17.5 Å². The van der Waals surface area contributed by atoms with Crippen LogP contribution in [0, 0.1) is 19.8 Å². The number of carbonyl (C=O) groups excluding carboxylic acids is 1. The molecule has 0 unspecified atom stereocenters. The van der Waals surface area contributed by atoms with Crippen LogP contribution in [0.25, 0.3) is 22.0 Å². The first kappa shape index (κ1) is 21.8. The molecule has 0 aliphatic heterocycles. The molecule has 1 saturated carbocycles. The Labute approximate surface area is 189 Å². The van der Waals surface area contributed by atoms with E-state index in [1.165, 1.54) is 0 Å². The molecule has 3 aromatic rings. The first-order valence-electron chi connectivity index (χ1n) is 11.0. The largest absolute Gasteiger partial charge is 0.381 e. The predicted molar refractivity (Wildman–Crippen MR) is 130 cm³/mol. The number of hydrogen-bond donors (Lipinski definition) is 2. The summed E-state index contributed by atoms with van der Waals surface area (Å²) < 4.78 is 0. The number of ketones is 1. The van der Waals surface area contributed by atoms with Crippen molar-refractivity contribution in [2.75, 3.05) is 11.9 Å². The van der Waals surface area contributed by atoms with Gasteiger partial charge in [0.05, 0.1) is 16.8 Å². The van der Waals surface area contributed by atoms with Crippen molar-refractivity contribution in [1.29, 1.82) is 0 Å². The van der Waals surface area contributed by atoms with E-state index in [0.717, 1.165) is 76.1 Å². The Morgan fingerprint density at radius 2 is 1.87 bits per heavy atom. The van der Waals surface area contributed by atoms with Crippen LogP contribution in [-0.4, -0.2) is 23.4 Å². The summed E-state index contributed by atoms with van der Waals surface area (Å²) in [5.41, 5.74) is 12.7. The van der Waals surface area contributed by atoms with Crippen molar-refractivity contribution >= 4 is 34.0 Å². The van der Waals surface area contributed by atoms with Gasteiger partial charge in [-0.25, -0.2) is 0 Å². The minimum absolute atomic E-state index is 0.0205. The monoisotopic (exact) mass is 435 g/mol. The van der Waals surface area contributed by atoms with Gasteiger partial charge in [-0.05, 0) is 99.4 Å². The second-order valence-corrected chi connectivity index (χ2v) is 9.24. The van der Waals surface area contributed by atoms with Gasteiger partial charge >= 0.3 is 0 Å². The maximum atomic E-state index is 12.4. The Morgan fingerprint density at radius 1 is 1.13 bits per heavy atom. The van der Waals surface area contributed by atoms with E-state index in [4.69, 9.17) is 17.3 Å². The zero-order valence-corrected chi connectivity index (χ0v) is 19.2. The molecule has 2 aromatic carbocycles. The summed E-state index contributed by atoms with van der Waals surface area (Å²) in [7, 11) is 0. The predicted octanol–water partition coefficient (Wildman–Crippen LogP) is 6.30. The number of nitrogens with two attached hydrogens (primary N) is 1. The van der Waals surface area contributed by atoms with Crippen LogP contribution in [0.2, 0.25) is 5.02 Å². The van der Waals surface area contributed by atoms with Crippen LogP contribution < -0.4 is 11.1 Å². The van der Waals surface area contributed by atoms with E-state index in [1.807, 2.05) is 19.1 Å². The normalized spacial score (nSPS) is 18.9. The highest BCUT2D eigenvalue weighted by molar-refractivity contribution is 6.31. The molecule has 0 spiro atoms. The molecule has 31 heavy (non-hydrogen) atoms. The minimum Gasteiger partial charge on any atom is -0.381 e. The number of halogens is 1. The molecular weight excluding hydrogens is 406 g/mol. The van der Waals surface area contributed by atoms with Crippen LogP contribution in [0.1, 0.15) is 54.1 Å². The average molecular weight is 436 g/mol. The molecule has 0 saturated heterocycles. The first-order valence-corrected chi connectivity index (χ1v) is 11.4. The van der Waals surface area contributed by atoms with Crippen molar-refractivity contribution in [3.63, 3.8) is 0 Å². The number of carbonyl (C=O) groups is 1. The Bertz CT molecular complexity index is 1110. The van der Waals surface area contributed by atoms with Gasteiger partial charge < -0.3 is 11.1 Å². The highest BCUT2D eigenvalue weighted by Gasteiger charge is 2.22. The number of pyridine rings is 1. The Hall–Kier alpha value is -2.43.